The lowest BCUT2D eigenvalue weighted by Crippen LogP contribution is -2.42. The second kappa shape index (κ2) is 8.99. The van der Waals surface area contributed by atoms with Crippen molar-refractivity contribution in [2.45, 2.75) is 25.0 Å². The number of carbonyl (C=O) groups excluding carboxylic acids is 1. The molecule has 2 heterocycles. The van der Waals surface area contributed by atoms with E-state index in [2.05, 4.69) is 15.2 Å². The highest BCUT2D eigenvalue weighted by atomic mass is 32.2. The van der Waals surface area contributed by atoms with Gasteiger partial charge < -0.3 is 10.5 Å². The molecule has 11 heteroatoms. The van der Waals surface area contributed by atoms with Crippen LogP contribution in [0.1, 0.15) is 23.7 Å². The fraction of sp³-hybridized carbons (Fsp3) is 0.316. The molecule has 0 aliphatic carbocycles. The zero-order valence-electron chi connectivity index (χ0n) is 16.8. The number of aromatic nitrogens is 5. The van der Waals surface area contributed by atoms with Crippen molar-refractivity contribution in [2.75, 3.05) is 18.6 Å². The van der Waals surface area contributed by atoms with Crippen LogP contribution in [-0.4, -0.2) is 43.0 Å². The zero-order valence-corrected chi connectivity index (χ0v) is 17.7. The number of nitrogens with one attached hydrogen (secondary N) is 1. The van der Waals surface area contributed by atoms with E-state index in [0.717, 1.165) is 27.6 Å². The van der Waals surface area contributed by atoms with Crippen molar-refractivity contribution in [3.05, 3.63) is 50.7 Å². The van der Waals surface area contributed by atoms with E-state index in [9.17, 15) is 14.4 Å². The van der Waals surface area contributed by atoms with Gasteiger partial charge in [0.05, 0.1) is 12.9 Å². The second-order valence-electron chi connectivity index (χ2n) is 6.47. The molecule has 0 atom stereocenters. The second-order valence-corrected chi connectivity index (χ2v) is 7.41. The van der Waals surface area contributed by atoms with Crippen molar-refractivity contribution in [1.82, 2.24) is 24.3 Å². The van der Waals surface area contributed by atoms with Crippen LogP contribution < -0.4 is 21.7 Å². The minimum atomic E-state index is -0.704. The SMILES string of the molecule is CCCn1c(N)c(C(=O)CSc2n[nH]c(-c3ccc(OC)cc3)n2)c(=O)n(C)c1=O. The predicted octanol–water partition coefficient (Wildman–Crippen LogP) is 1.31. The number of nitrogen functional groups attached to an aromatic ring is 1. The van der Waals surface area contributed by atoms with Gasteiger partial charge in [-0.3, -0.25) is 23.8 Å². The first-order valence-electron chi connectivity index (χ1n) is 9.19. The number of hydrogen-bond acceptors (Lipinski definition) is 8. The quantitative estimate of drug-likeness (QED) is 0.403. The van der Waals surface area contributed by atoms with Crippen molar-refractivity contribution in [3.63, 3.8) is 0 Å². The summed E-state index contributed by atoms with van der Waals surface area (Å²) in [6.07, 6.45) is 0.635. The van der Waals surface area contributed by atoms with Crippen LogP contribution >= 0.6 is 11.8 Å². The van der Waals surface area contributed by atoms with E-state index in [4.69, 9.17) is 10.5 Å². The van der Waals surface area contributed by atoms with Gasteiger partial charge in [-0.1, -0.05) is 18.7 Å². The number of rotatable bonds is 8. The lowest BCUT2D eigenvalue weighted by molar-refractivity contribution is 0.102. The maximum absolute atomic E-state index is 12.7. The lowest BCUT2D eigenvalue weighted by Gasteiger charge is -2.13. The summed E-state index contributed by atoms with van der Waals surface area (Å²) in [4.78, 5) is 41.8. The number of benzene rings is 1. The summed E-state index contributed by atoms with van der Waals surface area (Å²) in [5, 5.41) is 7.27. The molecule has 0 aliphatic heterocycles. The van der Waals surface area contributed by atoms with Gasteiger partial charge in [0.25, 0.3) is 5.56 Å². The smallest absolute Gasteiger partial charge is 0.332 e. The van der Waals surface area contributed by atoms with E-state index in [1.807, 2.05) is 19.1 Å². The van der Waals surface area contributed by atoms with E-state index in [1.165, 1.54) is 11.6 Å². The summed E-state index contributed by atoms with van der Waals surface area (Å²) in [5.74, 6) is 0.578. The maximum atomic E-state index is 12.7. The number of aromatic amines is 1. The zero-order chi connectivity index (χ0) is 21.8. The molecule has 0 unspecified atom stereocenters. The molecule has 3 aromatic rings. The van der Waals surface area contributed by atoms with E-state index in [1.54, 1.807) is 19.2 Å². The molecular formula is C19H22N6O4S. The van der Waals surface area contributed by atoms with Gasteiger partial charge in [-0.2, -0.15) is 0 Å². The van der Waals surface area contributed by atoms with Gasteiger partial charge in [0.2, 0.25) is 5.16 Å². The number of anilines is 1. The first-order valence-corrected chi connectivity index (χ1v) is 10.2. The molecule has 10 nitrogen and oxygen atoms in total. The van der Waals surface area contributed by atoms with Crippen LogP contribution in [0.15, 0.2) is 39.0 Å². The number of Topliss-reactive ketones (excluding diaryl/α,β-unsaturated/α-hetero) is 1. The molecule has 158 valence electrons. The minimum absolute atomic E-state index is 0.0936. The normalized spacial score (nSPS) is 10.9. The first-order chi connectivity index (χ1) is 14.4. The van der Waals surface area contributed by atoms with Crippen LogP contribution in [0.3, 0.4) is 0 Å². The molecular weight excluding hydrogens is 408 g/mol. The van der Waals surface area contributed by atoms with Gasteiger partial charge >= 0.3 is 5.69 Å². The summed E-state index contributed by atoms with van der Waals surface area (Å²) in [6, 6.07) is 7.27. The molecule has 0 amide bonds. The third-order valence-corrected chi connectivity index (χ3v) is 5.32. The first kappa shape index (κ1) is 21.4. The third-order valence-electron chi connectivity index (χ3n) is 4.47. The van der Waals surface area contributed by atoms with Gasteiger partial charge in [-0.05, 0) is 30.7 Å². The Hall–Kier alpha value is -3.34. The summed E-state index contributed by atoms with van der Waals surface area (Å²) in [6.45, 7) is 2.19. The highest BCUT2D eigenvalue weighted by Crippen LogP contribution is 2.22. The Labute approximate surface area is 176 Å². The minimum Gasteiger partial charge on any atom is -0.497 e. The van der Waals surface area contributed by atoms with E-state index in [-0.39, 0.29) is 17.1 Å². The lowest BCUT2D eigenvalue weighted by atomic mass is 10.2. The monoisotopic (exact) mass is 430 g/mol. The number of thioether (sulfide) groups is 1. The van der Waals surface area contributed by atoms with Gasteiger partial charge in [0, 0.05) is 19.2 Å². The largest absolute Gasteiger partial charge is 0.497 e. The molecule has 1 aromatic carbocycles. The number of hydrogen-bond donors (Lipinski definition) is 2. The van der Waals surface area contributed by atoms with Gasteiger partial charge in [0.15, 0.2) is 11.6 Å². The number of H-pyrrole nitrogens is 1. The Morgan fingerprint density at radius 3 is 2.60 bits per heavy atom. The van der Waals surface area contributed by atoms with Crippen LogP contribution in [0.4, 0.5) is 5.82 Å². The van der Waals surface area contributed by atoms with Crippen molar-refractivity contribution in [2.24, 2.45) is 7.05 Å². The summed E-state index contributed by atoms with van der Waals surface area (Å²) < 4.78 is 7.27. The van der Waals surface area contributed by atoms with E-state index >= 15 is 0 Å². The summed E-state index contributed by atoms with van der Waals surface area (Å²) in [7, 11) is 2.92. The van der Waals surface area contributed by atoms with E-state index < -0.39 is 17.0 Å². The molecule has 0 radical (unpaired) electrons. The van der Waals surface area contributed by atoms with Crippen LogP contribution in [-0.2, 0) is 13.6 Å². The van der Waals surface area contributed by atoms with Crippen molar-refractivity contribution < 1.29 is 9.53 Å². The number of nitrogens with zero attached hydrogens (tertiary/aromatic N) is 4. The number of ketones is 1. The standard InChI is InChI=1S/C19H22N6O4S/c1-4-9-25-15(20)14(17(27)24(2)19(25)28)13(26)10-30-18-21-16(22-23-18)11-5-7-12(29-3)8-6-11/h5-8H,4,9-10,20H2,1-3H3,(H,21,22,23). The number of carbonyl (C=O) groups is 1. The van der Waals surface area contributed by atoms with Crippen LogP contribution in [0.5, 0.6) is 5.75 Å². The summed E-state index contributed by atoms with van der Waals surface area (Å²) >= 11 is 1.07. The van der Waals surface area contributed by atoms with E-state index in [0.29, 0.717) is 23.9 Å². The molecule has 0 fully saturated rings. The molecule has 3 rings (SSSR count). The van der Waals surface area contributed by atoms with Gasteiger partial charge in [-0.25, -0.2) is 9.78 Å². The number of ether oxygens (including phenoxy) is 1. The van der Waals surface area contributed by atoms with Gasteiger partial charge in [0.1, 0.15) is 17.1 Å². The van der Waals surface area contributed by atoms with Crippen molar-refractivity contribution in [3.8, 4) is 17.1 Å². The molecule has 0 aliphatic rings. The molecule has 30 heavy (non-hydrogen) atoms. The molecule has 0 bridgehead atoms. The van der Waals surface area contributed by atoms with Crippen LogP contribution in [0.25, 0.3) is 11.4 Å². The number of nitrogens with two attached hydrogens (primary N) is 1. The molecule has 0 saturated heterocycles. The molecule has 0 spiro atoms. The Kier molecular flexibility index (Phi) is 6.40. The average Bonchev–Trinajstić information content (AvgIpc) is 3.23. The highest BCUT2D eigenvalue weighted by Gasteiger charge is 2.22. The number of methoxy groups -OCH3 is 1. The Balaban J connectivity index is 1.79. The van der Waals surface area contributed by atoms with Gasteiger partial charge in [-0.15, -0.1) is 5.10 Å². The molecule has 0 saturated carbocycles. The van der Waals surface area contributed by atoms with Crippen molar-refractivity contribution in [1.29, 1.82) is 0 Å². The molecule has 2 aromatic heterocycles. The highest BCUT2D eigenvalue weighted by molar-refractivity contribution is 7.99. The van der Waals surface area contributed by atoms with Crippen LogP contribution in [0.2, 0.25) is 0 Å². The topological polar surface area (TPSA) is 138 Å². The average molecular weight is 430 g/mol. The van der Waals surface area contributed by atoms with Crippen LogP contribution in [0, 0.1) is 0 Å². The predicted molar refractivity (Wildman–Crippen MR) is 114 cm³/mol. The Morgan fingerprint density at radius 2 is 1.97 bits per heavy atom. The molecule has 3 N–H and O–H groups in total. The summed E-state index contributed by atoms with van der Waals surface area (Å²) in [5.41, 5.74) is 5.36. The fourth-order valence-corrected chi connectivity index (χ4v) is 3.55. The maximum Gasteiger partial charge on any atom is 0.332 e. The Bertz CT molecular complexity index is 1180. The Morgan fingerprint density at radius 1 is 1.27 bits per heavy atom. The fourth-order valence-electron chi connectivity index (χ4n) is 2.88. The van der Waals surface area contributed by atoms with Crippen molar-refractivity contribution >= 4 is 23.4 Å². The third kappa shape index (κ3) is 4.15.